The van der Waals surface area contributed by atoms with Gasteiger partial charge in [0.25, 0.3) is 0 Å². The number of carbonyl (C=O) groups excluding carboxylic acids is 2. The Morgan fingerprint density at radius 2 is 0.885 bits per heavy atom. The summed E-state index contributed by atoms with van der Waals surface area (Å²) in [5.41, 5.74) is 0. The summed E-state index contributed by atoms with van der Waals surface area (Å²) in [5, 5.41) is 9.75. The van der Waals surface area contributed by atoms with Crippen molar-refractivity contribution in [1.29, 1.82) is 0 Å². The average Bonchev–Trinajstić information content (AvgIpc) is 3.22. The van der Waals surface area contributed by atoms with Gasteiger partial charge in [-0.05, 0) is 77.0 Å². The second-order valence-corrected chi connectivity index (χ2v) is 17.7. The summed E-state index contributed by atoms with van der Waals surface area (Å²) in [7, 11) is -9.71. The maximum Gasteiger partial charge on any atom is 0.472 e. The molecule has 0 fully saturated rings. The van der Waals surface area contributed by atoms with Gasteiger partial charge in [0.1, 0.15) is 12.7 Å². The molecule has 0 rings (SSSR count). The van der Waals surface area contributed by atoms with Crippen LogP contribution in [-0.4, -0.2) is 70.4 Å². The van der Waals surface area contributed by atoms with Crippen molar-refractivity contribution < 1.29 is 61.6 Å². The van der Waals surface area contributed by atoms with Crippen molar-refractivity contribution in [1.82, 2.24) is 0 Å². The van der Waals surface area contributed by atoms with E-state index in [9.17, 15) is 28.7 Å². The molecule has 3 unspecified atom stereocenters. The van der Waals surface area contributed by atoms with Crippen LogP contribution < -0.4 is 0 Å². The van der Waals surface area contributed by atoms with Gasteiger partial charge in [-0.2, -0.15) is 0 Å². The Hall–Kier alpha value is -2.44. The van der Waals surface area contributed by atoms with Gasteiger partial charge in [0, 0.05) is 12.8 Å². The molecule has 15 heteroatoms. The number of carbonyl (C=O) groups is 2. The topological polar surface area (TPSA) is 195 Å². The lowest BCUT2D eigenvalue weighted by Crippen LogP contribution is -2.29. The fraction of sp³-hybridized carbons (Fsp3) is 0.696. The first-order valence-electron chi connectivity index (χ1n) is 22.6. The van der Waals surface area contributed by atoms with E-state index in [1.54, 1.807) is 0 Å². The van der Waals surface area contributed by atoms with Gasteiger partial charge < -0.3 is 29.3 Å². The molecule has 61 heavy (non-hydrogen) atoms. The summed E-state index contributed by atoms with van der Waals surface area (Å²) >= 11 is 0. The molecule has 3 atom stereocenters. The molecule has 0 aliphatic rings. The second-order valence-electron chi connectivity index (χ2n) is 15.0. The highest BCUT2D eigenvalue weighted by atomic mass is 31.2. The molecule has 0 aromatic heterocycles. The van der Waals surface area contributed by atoms with Crippen LogP contribution in [0.1, 0.15) is 168 Å². The lowest BCUT2D eigenvalue weighted by Gasteiger charge is -2.20. The van der Waals surface area contributed by atoms with Crippen LogP contribution in [0.4, 0.5) is 0 Å². The molecule has 0 aliphatic heterocycles. The van der Waals surface area contributed by atoms with Crippen molar-refractivity contribution in [2.24, 2.45) is 0 Å². The van der Waals surface area contributed by atoms with E-state index in [0.29, 0.717) is 19.3 Å². The number of hydrogen-bond acceptors (Lipinski definition) is 10. The van der Waals surface area contributed by atoms with Gasteiger partial charge in [0.2, 0.25) is 0 Å². The van der Waals surface area contributed by atoms with Crippen molar-refractivity contribution in [2.75, 3.05) is 26.4 Å². The number of phosphoric acid groups is 2. The van der Waals surface area contributed by atoms with Gasteiger partial charge in [0.15, 0.2) is 6.10 Å². The van der Waals surface area contributed by atoms with E-state index in [-0.39, 0.29) is 12.8 Å². The van der Waals surface area contributed by atoms with Crippen LogP contribution in [-0.2, 0) is 41.8 Å². The largest absolute Gasteiger partial charge is 0.472 e. The van der Waals surface area contributed by atoms with Crippen LogP contribution in [0, 0.1) is 0 Å². The Labute approximate surface area is 367 Å². The number of aliphatic hydroxyl groups is 1. The lowest BCUT2D eigenvalue weighted by molar-refractivity contribution is -0.161. The smallest absolute Gasteiger partial charge is 0.462 e. The number of unbranched alkanes of at least 4 members (excludes halogenated alkanes) is 14. The molecule has 0 aliphatic carbocycles. The Bertz CT molecular complexity index is 1350. The first-order chi connectivity index (χ1) is 29.4. The van der Waals surface area contributed by atoms with E-state index >= 15 is 0 Å². The highest BCUT2D eigenvalue weighted by molar-refractivity contribution is 7.47. The van der Waals surface area contributed by atoms with Crippen molar-refractivity contribution in [2.45, 2.75) is 180 Å². The molecule has 0 spiro atoms. The molecule has 4 N–H and O–H groups in total. The van der Waals surface area contributed by atoms with Crippen LogP contribution in [0.3, 0.4) is 0 Å². The van der Waals surface area contributed by atoms with Crippen LogP contribution >= 0.6 is 15.6 Å². The first kappa shape index (κ1) is 58.6. The predicted octanol–water partition coefficient (Wildman–Crippen LogP) is 11.8. The third-order valence-corrected chi connectivity index (χ3v) is 10.5. The monoisotopic (exact) mass is 903 g/mol. The molecule has 0 saturated carbocycles. The summed E-state index contributed by atoms with van der Waals surface area (Å²) in [6.07, 6.45) is 46.2. The summed E-state index contributed by atoms with van der Waals surface area (Å²) in [4.78, 5) is 52.7. The number of hydrogen-bond donors (Lipinski definition) is 4. The molecule has 0 saturated heterocycles. The molecule has 0 amide bonds. The molecule has 0 aromatic carbocycles. The first-order valence-corrected chi connectivity index (χ1v) is 25.7. The van der Waals surface area contributed by atoms with Crippen molar-refractivity contribution in [3.63, 3.8) is 0 Å². The fourth-order valence-electron chi connectivity index (χ4n) is 5.62. The van der Waals surface area contributed by atoms with E-state index < -0.39 is 66.2 Å². The molecule has 13 nitrogen and oxygen atoms in total. The van der Waals surface area contributed by atoms with E-state index in [1.807, 2.05) is 18.2 Å². The van der Waals surface area contributed by atoms with Gasteiger partial charge in [0.05, 0.1) is 19.8 Å². The van der Waals surface area contributed by atoms with Crippen molar-refractivity contribution >= 4 is 27.6 Å². The van der Waals surface area contributed by atoms with Gasteiger partial charge >= 0.3 is 27.6 Å². The number of ether oxygens (including phenoxy) is 2. The third kappa shape index (κ3) is 45.4. The molecule has 0 heterocycles. The molecule has 352 valence electrons. The SMILES string of the molecule is CCCCCC=CCC=CCC=CCC=CCC=CCCC(=O)OC(COC(=O)CCCCCCCC=CCCCCCCCC)COP(=O)(O)OCC(O)COP(=O)(O)O. The minimum absolute atomic E-state index is 0.00350. The summed E-state index contributed by atoms with van der Waals surface area (Å²) in [5.74, 6) is -1.14. The van der Waals surface area contributed by atoms with Gasteiger partial charge in [-0.15, -0.1) is 0 Å². The molecule has 0 aromatic rings. The van der Waals surface area contributed by atoms with Crippen molar-refractivity contribution in [3.05, 3.63) is 72.9 Å². The van der Waals surface area contributed by atoms with Crippen LogP contribution in [0.25, 0.3) is 0 Å². The van der Waals surface area contributed by atoms with Crippen LogP contribution in [0.5, 0.6) is 0 Å². The van der Waals surface area contributed by atoms with E-state index in [4.69, 9.17) is 23.8 Å². The Kier molecular flexibility index (Phi) is 39.9. The number of allylic oxidation sites excluding steroid dienone is 12. The molecule has 0 radical (unpaired) electrons. The fourth-order valence-corrected chi connectivity index (χ4v) is 6.77. The van der Waals surface area contributed by atoms with Gasteiger partial charge in [-0.25, -0.2) is 9.13 Å². The maximum atomic E-state index is 12.6. The normalized spacial score (nSPS) is 14.7. The third-order valence-electron chi connectivity index (χ3n) is 9.07. The van der Waals surface area contributed by atoms with E-state index in [2.05, 4.69) is 77.6 Å². The van der Waals surface area contributed by atoms with Gasteiger partial charge in [-0.3, -0.25) is 23.2 Å². The number of phosphoric ester groups is 2. The zero-order valence-electron chi connectivity index (χ0n) is 37.2. The van der Waals surface area contributed by atoms with Crippen molar-refractivity contribution in [3.8, 4) is 0 Å². The highest BCUT2D eigenvalue weighted by Crippen LogP contribution is 2.43. The Balaban J connectivity index is 4.65. The Morgan fingerprint density at radius 3 is 1.43 bits per heavy atom. The zero-order chi connectivity index (χ0) is 45.1. The van der Waals surface area contributed by atoms with Crippen LogP contribution in [0.15, 0.2) is 72.9 Å². The second kappa shape index (κ2) is 41.6. The average molecular weight is 903 g/mol. The number of aliphatic hydroxyl groups excluding tert-OH is 1. The number of esters is 2. The molecule has 0 bridgehead atoms. The predicted molar refractivity (Wildman–Crippen MR) is 244 cm³/mol. The molecular formula is C46H80O13P2. The zero-order valence-corrected chi connectivity index (χ0v) is 39.0. The minimum Gasteiger partial charge on any atom is -0.462 e. The van der Waals surface area contributed by atoms with E-state index in [0.717, 1.165) is 64.2 Å². The standard InChI is InChI=1S/C46H80O13P2/c1-3-5-7-9-11-13-15-17-19-20-21-22-24-26-28-30-32-34-36-38-46(49)59-44(42-58-61(53,54)57-40-43(47)39-56-60(50,51)52)41-55-45(48)37-35-33-31-29-27-25-23-18-16-14-12-10-8-6-4-2/h11,13,17-19,21-23,26,28,32,34,43-44,47H,3-10,12,14-16,20,24-25,27,29-31,33,35-42H2,1-2H3,(H,53,54)(H2,50,51,52). The summed E-state index contributed by atoms with van der Waals surface area (Å²) < 4.78 is 47.7. The van der Waals surface area contributed by atoms with Crippen LogP contribution in [0.2, 0.25) is 0 Å². The number of rotatable bonds is 42. The highest BCUT2D eigenvalue weighted by Gasteiger charge is 2.28. The minimum atomic E-state index is -4.87. The molecular weight excluding hydrogens is 822 g/mol. The van der Waals surface area contributed by atoms with E-state index in [1.165, 1.54) is 57.8 Å². The Morgan fingerprint density at radius 1 is 0.475 bits per heavy atom. The summed E-state index contributed by atoms with van der Waals surface area (Å²) in [6.45, 7) is 1.63. The van der Waals surface area contributed by atoms with Gasteiger partial charge in [-0.1, -0.05) is 151 Å². The maximum absolute atomic E-state index is 12.6. The summed E-state index contributed by atoms with van der Waals surface area (Å²) in [6, 6.07) is 0. The lowest BCUT2D eigenvalue weighted by atomic mass is 10.1. The quantitative estimate of drug-likeness (QED) is 0.0196.